The number of aryl methyl sites for hydroxylation is 2. The van der Waals surface area contributed by atoms with Crippen molar-refractivity contribution in [3.05, 3.63) is 34.9 Å². The lowest BCUT2D eigenvalue weighted by atomic mass is 9.90. The third-order valence-corrected chi connectivity index (χ3v) is 4.81. The summed E-state index contributed by atoms with van der Waals surface area (Å²) in [5, 5.41) is 9.17. The van der Waals surface area contributed by atoms with E-state index in [1.165, 1.54) is 24.0 Å². The third-order valence-electron chi connectivity index (χ3n) is 4.81. The summed E-state index contributed by atoms with van der Waals surface area (Å²) in [5.74, 6) is -1.25. The van der Waals surface area contributed by atoms with E-state index in [1.807, 2.05) is 19.1 Å². The van der Waals surface area contributed by atoms with Gasteiger partial charge >= 0.3 is 5.97 Å². The van der Waals surface area contributed by atoms with Crippen LogP contribution in [-0.2, 0) is 17.6 Å². The summed E-state index contributed by atoms with van der Waals surface area (Å²) in [6.07, 6.45) is 4.56. The van der Waals surface area contributed by atoms with Crippen LogP contribution in [0.4, 0.5) is 0 Å². The minimum absolute atomic E-state index is 0.0177. The highest BCUT2D eigenvalue weighted by Crippen LogP contribution is 2.27. The first-order valence-electron chi connectivity index (χ1n) is 7.70. The number of hydrogen-bond donors (Lipinski definition) is 1. The van der Waals surface area contributed by atoms with Gasteiger partial charge in [-0.3, -0.25) is 9.59 Å². The Morgan fingerprint density at radius 2 is 1.86 bits per heavy atom. The van der Waals surface area contributed by atoms with Crippen molar-refractivity contribution in [3.63, 3.8) is 0 Å². The van der Waals surface area contributed by atoms with Gasteiger partial charge < -0.3 is 10.0 Å². The van der Waals surface area contributed by atoms with E-state index in [0.717, 1.165) is 12.8 Å². The molecule has 0 radical (unpaired) electrons. The van der Waals surface area contributed by atoms with Gasteiger partial charge in [0.05, 0.1) is 5.92 Å². The fourth-order valence-corrected chi connectivity index (χ4v) is 3.50. The Balaban J connectivity index is 1.78. The molecule has 2 unspecified atom stereocenters. The summed E-state index contributed by atoms with van der Waals surface area (Å²) >= 11 is 0. The highest BCUT2D eigenvalue weighted by molar-refractivity contribution is 5.95. The van der Waals surface area contributed by atoms with Crippen LogP contribution < -0.4 is 0 Å². The number of likely N-dealkylation sites (tertiary alicyclic amines) is 1. The second-order valence-corrected chi connectivity index (χ2v) is 6.32. The maximum Gasteiger partial charge on any atom is 0.308 e. The van der Waals surface area contributed by atoms with Gasteiger partial charge in [-0.1, -0.05) is 13.0 Å². The van der Waals surface area contributed by atoms with Crippen LogP contribution in [0, 0.1) is 11.8 Å². The molecule has 1 saturated heterocycles. The Kier molecular flexibility index (Phi) is 3.70. The number of benzene rings is 1. The van der Waals surface area contributed by atoms with Crippen molar-refractivity contribution in [2.75, 3.05) is 13.1 Å². The van der Waals surface area contributed by atoms with Crippen molar-refractivity contribution >= 4 is 11.9 Å². The molecule has 0 saturated carbocycles. The van der Waals surface area contributed by atoms with Gasteiger partial charge in [0.15, 0.2) is 0 Å². The molecule has 1 N–H and O–H groups in total. The van der Waals surface area contributed by atoms with Crippen molar-refractivity contribution in [3.8, 4) is 0 Å². The van der Waals surface area contributed by atoms with Gasteiger partial charge in [0.2, 0.25) is 0 Å². The van der Waals surface area contributed by atoms with Gasteiger partial charge in [-0.25, -0.2) is 0 Å². The van der Waals surface area contributed by atoms with E-state index in [-0.39, 0.29) is 11.8 Å². The monoisotopic (exact) mass is 287 g/mol. The molecule has 112 valence electrons. The molecular weight excluding hydrogens is 266 g/mol. The van der Waals surface area contributed by atoms with Gasteiger partial charge in [-0.05, 0) is 54.9 Å². The molecular formula is C17H21NO3. The number of rotatable bonds is 2. The first kappa shape index (κ1) is 14.1. The first-order valence-corrected chi connectivity index (χ1v) is 7.70. The minimum Gasteiger partial charge on any atom is -0.481 e. The molecule has 21 heavy (non-hydrogen) atoms. The van der Waals surface area contributed by atoms with Crippen LogP contribution in [0.5, 0.6) is 0 Å². The average Bonchev–Trinajstić information content (AvgIpc) is 2.88. The van der Waals surface area contributed by atoms with Crippen molar-refractivity contribution in [1.29, 1.82) is 0 Å². The van der Waals surface area contributed by atoms with Crippen molar-refractivity contribution < 1.29 is 14.7 Å². The molecule has 0 bridgehead atoms. The largest absolute Gasteiger partial charge is 0.481 e. The highest BCUT2D eigenvalue weighted by Gasteiger charge is 2.37. The summed E-state index contributed by atoms with van der Waals surface area (Å²) in [6, 6.07) is 5.97. The fourth-order valence-electron chi connectivity index (χ4n) is 3.50. The van der Waals surface area contributed by atoms with E-state index in [9.17, 15) is 14.7 Å². The second kappa shape index (κ2) is 5.51. The van der Waals surface area contributed by atoms with Crippen LogP contribution in [-0.4, -0.2) is 35.0 Å². The maximum atomic E-state index is 12.6. The molecule has 0 aromatic heterocycles. The number of carboxylic acids is 1. The lowest BCUT2D eigenvalue weighted by molar-refractivity contribution is -0.142. The van der Waals surface area contributed by atoms with Crippen molar-refractivity contribution in [2.24, 2.45) is 11.8 Å². The Morgan fingerprint density at radius 3 is 2.52 bits per heavy atom. The zero-order chi connectivity index (χ0) is 15.0. The number of nitrogens with zero attached hydrogens (tertiary/aromatic N) is 1. The van der Waals surface area contributed by atoms with Gasteiger partial charge in [0.1, 0.15) is 0 Å². The van der Waals surface area contributed by atoms with Crippen molar-refractivity contribution in [2.45, 2.75) is 32.6 Å². The molecule has 1 fully saturated rings. The SMILES string of the molecule is CC1CN(C(=O)c2ccc3c(c2)CCCC3)CC1C(=O)O. The second-order valence-electron chi connectivity index (χ2n) is 6.32. The number of carbonyl (C=O) groups is 2. The summed E-state index contributed by atoms with van der Waals surface area (Å²) < 4.78 is 0. The van der Waals surface area contributed by atoms with Crippen molar-refractivity contribution in [1.82, 2.24) is 4.90 Å². The van der Waals surface area contributed by atoms with Gasteiger partial charge in [-0.15, -0.1) is 0 Å². The normalized spacial score (nSPS) is 24.7. The van der Waals surface area contributed by atoms with E-state index in [1.54, 1.807) is 4.90 Å². The van der Waals surface area contributed by atoms with E-state index >= 15 is 0 Å². The summed E-state index contributed by atoms with van der Waals surface area (Å²) in [6.45, 7) is 2.76. The van der Waals surface area contributed by atoms with Crippen LogP contribution in [0.2, 0.25) is 0 Å². The van der Waals surface area contributed by atoms with Gasteiger partial charge in [0, 0.05) is 18.7 Å². The zero-order valence-corrected chi connectivity index (χ0v) is 12.3. The van der Waals surface area contributed by atoms with E-state index in [0.29, 0.717) is 18.7 Å². The van der Waals surface area contributed by atoms with Crippen LogP contribution >= 0.6 is 0 Å². The molecule has 2 aliphatic rings. The van der Waals surface area contributed by atoms with Crippen LogP contribution in [0.1, 0.15) is 41.3 Å². The third kappa shape index (κ3) is 2.67. The molecule has 4 heteroatoms. The lowest BCUT2D eigenvalue weighted by Crippen LogP contribution is -2.30. The first-order chi connectivity index (χ1) is 10.1. The summed E-state index contributed by atoms with van der Waals surface area (Å²) in [4.78, 5) is 25.4. The smallest absolute Gasteiger partial charge is 0.308 e. The zero-order valence-electron chi connectivity index (χ0n) is 12.3. The Labute approximate surface area is 124 Å². The summed E-state index contributed by atoms with van der Waals surface area (Å²) in [5.41, 5.74) is 3.35. The number of amides is 1. The number of fused-ring (bicyclic) bond motifs is 1. The van der Waals surface area contributed by atoms with Crippen LogP contribution in [0.15, 0.2) is 18.2 Å². The van der Waals surface area contributed by atoms with Crippen LogP contribution in [0.25, 0.3) is 0 Å². The summed E-state index contributed by atoms with van der Waals surface area (Å²) in [7, 11) is 0. The molecule has 1 heterocycles. The number of carboxylic acid groups (broad SMARTS) is 1. The molecule has 1 amide bonds. The van der Waals surface area contributed by atoms with E-state index in [4.69, 9.17) is 0 Å². The molecule has 1 aromatic carbocycles. The number of hydrogen-bond acceptors (Lipinski definition) is 2. The lowest BCUT2D eigenvalue weighted by Gasteiger charge is -2.19. The molecule has 0 spiro atoms. The number of carbonyl (C=O) groups excluding carboxylic acids is 1. The average molecular weight is 287 g/mol. The maximum absolute atomic E-state index is 12.6. The highest BCUT2D eigenvalue weighted by atomic mass is 16.4. The minimum atomic E-state index is -0.803. The van der Waals surface area contributed by atoms with Gasteiger partial charge in [-0.2, -0.15) is 0 Å². The topological polar surface area (TPSA) is 57.6 Å². The fraction of sp³-hybridized carbons (Fsp3) is 0.529. The molecule has 2 atom stereocenters. The number of aliphatic carboxylic acids is 1. The van der Waals surface area contributed by atoms with Crippen LogP contribution in [0.3, 0.4) is 0 Å². The predicted molar refractivity (Wildman–Crippen MR) is 79.3 cm³/mol. The molecule has 1 aliphatic heterocycles. The predicted octanol–water partition coefficient (Wildman–Crippen LogP) is 2.36. The molecule has 1 aromatic rings. The molecule has 3 rings (SSSR count). The quantitative estimate of drug-likeness (QED) is 0.908. The molecule has 1 aliphatic carbocycles. The Morgan fingerprint density at radius 1 is 1.14 bits per heavy atom. The Hall–Kier alpha value is -1.84. The molecule has 4 nitrogen and oxygen atoms in total. The Bertz CT molecular complexity index is 581. The standard InChI is InChI=1S/C17H21NO3/c1-11-9-18(10-15(11)17(20)21)16(19)14-7-6-12-4-2-3-5-13(12)8-14/h6-8,11,15H,2-5,9-10H2,1H3,(H,20,21). The van der Waals surface area contributed by atoms with E-state index < -0.39 is 11.9 Å². The van der Waals surface area contributed by atoms with Gasteiger partial charge in [0.25, 0.3) is 5.91 Å². The van der Waals surface area contributed by atoms with E-state index in [2.05, 4.69) is 6.07 Å².